The van der Waals surface area contributed by atoms with Gasteiger partial charge in [0.05, 0.1) is 17.5 Å². The summed E-state index contributed by atoms with van der Waals surface area (Å²) in [6.07, 6.45) is -0.322. The maximum atomic E-state index is 13.1. The fourth-order valence-electron chi connectivity index (χ4n) is 2.23. The smallest absolute Gasteiger partial charge is 0.410 e. The summed E-state index contributed by atoms with van der Waals surface area (Å²) in [6.45, 7) is 6.03. The molecule has 1 aromatic rings. The molecular formula is C15H19FN2O5. The van der Waals surface area contributed by atoms with Gasteiger partial charge < -0.3 is 14.4 Å². The highest BCUT2D eigenvalue weighted by molar-refractivity contribution is 5.68. The zero-order chi connectivity index (χ0) is 17.2. The van der Waals surface area contributed by atoms with Crippen molar-refractivity contribution in [3.63, 3.8) is 0 Å². The number of carbonyl (C=O) groups excluding carboxylic acids is 1. The van der Waals surface area contributed by atoms with Crippen LogP contribution in [0.1, 0.15) is 27.2 Å². The van der Waals surface area contributed by atoms with E-state index in [1.54, 1.807) is 20.8 Å². The molecule has 1 aliphatic heterocycles. The van der Waals surface area contributed by atoms with Gasteiger partial charge in [0, 0.05) is 13.0 Å². The minimum Gasteiger partial charge on any atom is -0.482 e. The van der Waals surface area contributed by atoms with Crippen LogP contribution in [0.4, 0.5) is 14.9 Å². The largest absolute Gasteiger partial charge is 0.482 e. The van der Waals surface area contributed by atoms with E-state index < -0.39 is 34.2 Å². The van der Waals surface area contributed by atoms with Crippen molar-refractivity contribution in [2.45, 2.75) is 38.9 Å². The highest BCUT2D eigenvalue weighted by Gasteiger charge is 2.32. The zero-order valence-corrected chi connectivity index (χ0v) is 13.2. The molecule has 126 valence electrons. The van der Waals surface area contributed by atoms with Gasteiger partial charge in [-0.1, -0.05) is 0 Å². The Kier molecular flexibility index (Phi) is 4.72. The second-order valence-corrected chi connectivity index (χ2v) is 6.32. The molecular weight excluding hydrogens is 307 g/mol. The molecule has 0 N–H and O–H groups in total. The van der Waals surface area contributed by atoms with E-state index >= 15 is 0 Å². The van der Waals surface area contributed by atoms with Gasteiger partial charge in [-0.05, 0) is 32.9 Å². The maximum absolute atomic E-state index is 13.1. The Morgan fingerprint density at radius 3 is 2.74 bits per heavy atom. The molecule has 0 aliphatic carbocycles. The predicted molar refractivity (Wildman–Crippen MR) is 79.9 cm³/mol. The number of benzene rings is 1. The van der Waals surface area contributed by atoms with Gasteiger partial charge in [0.15, 0.2) is 5.75 Å². The van der Waals surface area contributed by atoms with Crippen molar-refractivity contribution < 1.29 is 23.6 Å². The van der Waals surface area contributed by atoms with Crippen LogP contribution >= 0.6 is 0 Å². The summed E-state index contributed by atoms with van der Waals surface area (Å²) in [5.41, 5.74) is -1.02. The molecule has 8 heteroatoms. The fraction of sp³-hybridized carbons (Fsp3) is 0.533. The monoisotopic (exact) mass is 326 g/mol. The Balaban J connectivity index is 2.01. The summed E-state index contributed by atoms with van der Waals surface area (Å²) < 4.78 is 24.0. The molecule has 1 atom stereocenters. The Hall–Kier alpha value is -2.38. The lowest BCUT2D eigenvalue weighted by Gasteiger charge is -2.24. The number of hydrogen-bond donors (Lipinski definition) is 0. The molecule has 1 fully saturated rings. The van der Waals surface area contributed by atoms with E-state index in [0.717, 1.165) is 12.1 Å². The summed E-state index contributed by atoms with van der Waals surface area (Å²) in [6, 6.07) is 3.14. The van der Waals surface area contributed by atoms with Crippen LogP contribution in [0.2, 0.25) is 0 Å². The number of nitrogens with zero attached hydrogens (tertiary/aromatic N) is 2. The first-order chi connectivity index (χ1) is 10.7. The molecule has 0 spiro atoms. The van der Waals surface area contributed by atoms with E-state index in [1.807, 2.05) is 0 Å². The molecule has 0 saturated carbocycles. The van der Waals surface area contributed by atoms with Gasteiger partial charge in [-0.15, -0.1) is 0 Å². The molecule has 1 saturated heterocycles. The first-order valence-electron chi connectivity index (χ1n) is 7.24. The van der Waals surface area contributed by atoms with E-state index in [0.29, 0.717) is 13.0 Å². The van der Waals surface area contributed by atoms with Gasteiger partial charge >= 0.3 is 11.8 Å². The lowest BCUT2D eigenvalue weighted by atomic mass is 10.2. The third-order valence-corrected chi connectivity index (χ3v) is 3.21. The minimum absolute atomic E-state index is 0.00700. The Morgan fingerprint density at radius 2 is 2.13 bits per heavy atom. The lowest BCUT2D eigenvalue weighted by Crippen LogP contribution is -2.36. The molecule has 1 aliphatic rings. The van der Waals surface area contributed by atoms with E-state index in [9.17, 15) is 19.3 Å². The number of amides is 1. The van der Waals surface area contributed by atoms with Crippen molar-refractivity contribution in [3.05, 3.63) is 34.1 Å². The van der Waals surface area contributed by atoms with Gasteiger partial charge in [-0.2, -0.15) is 0 Å². The first kappa shape index (κ1) is 17.0. The Bertz CT molecular complexity index is 614. The Labute approximate surface area is 133 Å². The highest BCUT2D eigenvalue weighted by Crippen LogP contribution is 2.30. The lowest BCUT2D eigenvalue weighted by molar-refractivity contribution is -0.386. The van der Waals surface area contributed by atoms with Gasteiger partial charge in [0.1, 0.15) is 17.5 Å². The summed E-state index contributed by atoms with van der Waals surface area (Å²) in [5, 5.41) is 11.0. The fourth-order valence-corrected chi connectivity index (χ4v) is 2.23. The number of nitro groups is 1. The average molecular weight is 326 g/mol. The number of carbonyl (C=O) groups is 1. The highest BCUT2D eigenvalue weighted by atomic mass is 19.1. The van der Waals surface area contributed by atoms with Crippen LogP contribution in [-0.2, 0) is 4.74 Å². The number of hydrogen-bond acceptors (Lipinski definition) is 5. The van der Waals surface area contributed by atoms with E-state index in [4.69, 9.17) is 9.47 Å². The summed E-state index contributed by atoms with van der Waals surface area (Å²) in [7, 11) is 0. The number of halogens is 1. The molecule has 0 aromatic heterocycles. The molecule has 7 nitrogen and oxygen atoms in total. The van der Waals surface area contributed by atoms with Crippen LogP contribution in [0.5, 0.6) is 5.75 Å². The van der Waals surface area contributed by atoms with Gasteiger partial charge in [0.25, 0.3) is 0 Å². The van der Waals surface area contributed by atoms with E-state index in [1.165, 1.54) is 11.0 Å². The topological polar surface area (TPSA) is 81.9 Å². The third-order valence-electron chi connectivity index (χ3n) is 3.21. The molecule has 1 aromatic carbocycles. The standard InChI is InChI=1S/C15H19FN2O5/c1-15(2,3)23-14(19)17-7-6-11(9-17)22-13-5-4-10(16)8-12(13)18(20)21/h4-5,8,11H,6-7,9H2,1-3H3/t11-/m1/s1. The normalized spacial score (nSPS) is 17.9. The van der Waals surface area contributed by atoms with Crippen LogP contribution in [0.15, 0.2) is 18.2 Å². The van der Waals surface area contributed by atoms with Crippen molar-refractivity contribution in [1.82, 2.24) is 4.90 Å². The minimum atomic E-state index is -0.703. The molecule has 23 heavy (non-hydrogen) atoms. The molecule has 0 unspecified atom stereocenters. The van der Waals surface area contributed by atoms with Crippen LogP contribution in [-0.4, -0.2) is 40.7 Å². The second kappa shape index (κ2) is 6.39. The van der Waals surface area contributed by atoms with Crippen molar-refractivity contribution in [3.8, 4) is 5.75 Å². The summed E-state index contributed by atoms with van der Waals surface area (Å²) in [4.78, 5) is 23.7. The van der Waals surface area contributed by atoms with Crippen LogP contribution in [0.25, 0.3) is 0 Å². The number of likely N-dealkylation sites (tertiary alicyclic amines) is 1. The average Bonchev–Trinajstić information content (AvgIpc) is 2.87. The van der Waals surface area contributed by atoms with E-state index in [2.05, 4.69) is 0 Å². The van der Waals surface area contributed by atoms with Crippen molar-refractivity contribution >= 4 is 11.8 Å². The third kappa shape index (κ3) is 4.54. The van der Waals surface area contributed by atoms with Crippen molar-refractivity contribution in [2.75, 3.05) is 13.1 Å². The van der Waals surface area contributed by atoms with Gasteiger partial charge in [-0.25, -0.2) is 9.18 Å². The number of rotatable bonds is 3. The molecule has 1 amide bonds. The molecule has 0 bridgehead atoms. The second-order valence-electron chi connectivity index (χ2n) is 6.32. The maximum Gasteiger partial charge on any atom is 0.410 e. The SMILES string of the molecule is CC(C)(C)OC(=O)N1CC[C@@H](Oc2ccc(F)cc2[N+](=O)[O-])C1. The quantitative estimate of drug-likeness (QED) is 0.629. The van der Waals surface area contributed by atoms with Crippen molar-refractivity contribution in [1.29, 1.82) is 0 Å². The molecule has 1 heterocycles. The van der Waals surface area contributed by atoms with Crippen LogP contribution < -0.4 is 4.74 Å². The molecule has 2 rings (SSSR count). The van der Waals surface area contributed by atoms with Gasteiger partial charge in [0.2, 0.25) is 0 Å². The Morgan fingerprint density at radius 1 is 1.43 bits per heavy atom. The van der Waals surface area contributed by atoms with Crippen LogP contribution in [0, 0.1) is 15.9 Å². The summed E-state index contributed by atoms with van der Waals surface area (Å²) >= 11 is 0. The molecule has 0 radical (unpaired) electrons. The van der Waals surface area contributed by atoms with Crippen LogP contribution in [0.3, 0.4) is 0 Å². The number of ether oxygens (including phenoxy) is 2. The predicted octanol–water partition coefficient (Wildman–Crippen LogP) is 3.12. The van der Waals surface area contributed by atoms with E-state index in [-0.39, 0.29) is 12.3 Å². The van der Waals surface area contributed by atoms with Crippen molar-refractivity contribution in [2.24, 2.45) is 0 Å². The first-order valence-corrected chi connectivity index (χ1v) is 7.24. The summed E-state index contributed by atoms with van der Waals surface area (Å²) in [5.74, 6) is -0.710. The number of nitro benzene ring substituents is 1. The van der Waals surface area contributed by atoms with Gasteiger partial charge in [-0.3, -0.25) is 10.1 Å². The zero-order valence-electron chi connectivity index (χ0n) is 13.2.